The molecule has 25 heavy (non-hydrogen) atoms. The molecule has 0 fully saturated rings. The Morgan fingerprint density at radius 1 is 1.04 bits per heavy atom. The van der Waals surface area contributed by atoms with Crippen LogP contribution in [0.1, 0.15) is 18.0 Å². The molecule has 130 valence electrons. The normalized spacial score (nSPS) is 15.4. The van der Waals surface area contributed by atoms with Gasteiger partial charge in [0.05, 0.1) is 19.2 Å². The predicted octanol–water partition coefficient (Wildman–Crippen LogP) is 1.82. The average molecular weight is 340 g/mol. The van der Waals surface area contributed by atoms with Crippen molar-refractivity contribution in [2.75, 3.05) is 19.8 Å². The van der Waals surface area contributed by atoms with E-state index in [4.69, 9.17) is 9.47 Å². The van der Waals surface area contributed by atoms with Crippen LogP contribution in [0.2, 0.25) is 0 Å². The molecule has 0 spiro atoms. The van der Waals surface area contributed by atoms with Crippen molar-refractivity contribution in [1.82, 2.24) is 10.6 Å². The van der Waals surface area contributed by atoms with Crippen LogP contribution in [0.25, 0.3) is 0 Å². The maximum absolute atomic E-state index is 12.1. The van der Waals surface area contributed by atoms with Crippen molar-refractivity contribution >= 4 is 11.8 Å². The van der Waals surface area contributed by atoms with Gasteiger partial charge < -0.3 is 20.1 Å². The van der Waals surface area contributed by atoms with Gasteiger partial charge in [0.15, 0.2) is 6.61 Å². The van der Waals surface area contributed by atoms with Gasteiger partial charge in [-0.15, -0.1) is 0 Å². The highest BCUT2D eigenvalue weighted by Crippen LogP contribution is 2.31. The molecule has 2 aromatic rings. The number of hydrogen-bond acceptors (Lipinski definition) is 4. The minimum absolute atomic E-state index is 0.0868. The van der Waals surface area contributed by atoms with Gasteiger partial charge in [-0.3, -0.25) is 9.59 Å². The van der Waals surface area contributed by atoms with Crippen LogP contribution in [0.4, 0.5) is 0 Å². The monoisotopic (exact) mass is 340 g/mol. The average Bonchev–Trinajstić information content (AvgIpc) is 2.66. The first kappa shape index (κ1) is 16.8. The Morgan fingerprint density at radius 3 is 2.64 bits per heavy atom. The van der Waals surface area contributed by atoms with Gasteiger partial charge >= 0.3 is 0 Å². The van der Waals surface area contributed by atoms with Crippen molar-refractivity contribution < 1.29 is 19.1 Å². The zero-order valence-corrected chi connectivity index (χ0v) is 13.7. The number of nitrogens with one attached hydrogen (secondary N) is 2. The van der Waals surface area contributed by atoms with Crippen molar-refractivity contribution in [3.05, 3.63) is 60.2 Å². The maximum atomic E-state index is 12.1. The second-order valence-electron chi connectivity index (χ2n) is 5.67. The lowest BCUT2D eigenvalue weighted by Crippen LogP contribution is -2.41. The Kier molecular flexibility index (Phi) is 5.51. The SMILES string of the molecule is O=C(COc1ccccc1)NCC(=O)N[C@H]1CCOc2ccccc21. The summed E-state index contributed by atoms with van der Waals surface area (Å²) < 4.78 is 10.9. The summed E-state index contributed by atoms with van der Waals surface area (Å²) in [5.41, 5.74) is 0.959. The number of carbonyl (C=O) groups excluding carboxylic acids is 2. The lowest BCUT2D eigenvalue weighted by atomic mass is 10.0. The van der Waals surface area contributed by atoms with Crippen LogP contribution in [0.3, 0.4) is 0 Å². The third-order valence-electron chi connectivity index (χ3n) is 3.85. The summed E-state index contributed by atoms with van der Waals surface area (Å²) in [6.07, 6.45) is 0.702. The van der Waals surface area contributed by atoms with Gasteiger partial charge in [-0.25, -0.2) is 0 Å². The summed E-state index contributed by atoms with van der Waals surface area (Å²) in [6.45, 7) is 0.340. The third-order valence-corrected chi connectivity index (χ3v) is 3.85. The Balaban J connectivity index is 1.43. The quantitative estimate of drug-likeness (QED) is 0.841. The van der Waals surface area contributed by atoms with E-state index in [-0.39, 0.29) is 31.0 Å². The Bertz CT molecular complexity index is 733. The van der Waals surface area contributed by atoms with Crippen molar-refractivity contribution in [1.29, 1.82) is 0 Å². The van der Waals surface area contributed by atoms with E-state index >= 15 is 0 Å². The highest BCUT2D eigenvalue weighted by Gasteiger charge is 2.22. The van der Waals surface area contributed by atoms with Crippen molar-refractivity contribution in [2.45, 2.75) is 12.5 Å². The third kappa shape index (κ3) is 4.73. The molecule has 0 saturated carbocycles. The highest BCUT2D eigenvalue weighted by atomic mass is 16.5. The van der Waals surface area contributed by atoms with E-state index < -0.39 is 0 Å². The molecule has 1 atom stereocenters. The van der Waals surface area contributed by atoms with Gasteiger partial charge in [0, 0.05) is 12.0 Å². The summed E-state index contributed by atoms with van der Waals surface area (Å²) in [6, 6.07) is 16.6. The second-order valence-corrected chi connectivity index (χ2v) is 5.67. The van der Waals surface area contributed by atoms with Gasteiger partial charge in [0.25, 0.3) is 5.91 Å². The molecule has 3 rings (SSSR count). The van der Waals surface area contributed by atoms with Crippen LogP contribution in [-0.4, -0.2) is 31.6 Å². The lowest BCUT2D eigenvalue weighted by molar-refractivity contribution is -0.127. The number of rotatable bonds is 6. The van der Waals surface area contributed by atoms with E-state index in [1.165, 1.54) is 0 Å². The van der Waals surface area contributed by atoms with Gasteiger partial charge in [0.1, 0.15) is 11.5 Å². The van der Waals surface area contributed by atoms with Crippen molar-refractivity contribution in [2.24, 2.45) is 0 Å². The van der Waals surface area contributed by atoms with Crippen molar-refractivity contribution in [3.8, 4) is 11.5 Å². The van der Waals surface area contributed by atoms with Gasteiger partial charge in [-0.1, -0.05) is 36.4 Å². The van der Waals surface area contributed by atoms with Crippen LogP contribution >= 0.6 is 0 Å². The van der Waals surface area contributed by atoms with E-state index in [2.05, 4.69) is 10.6 Å². The lowest BCUT2D eigenvalue weighted by Gasteiger charge is -2.26. The standard InChI is InChI=1S/C19H20N2O4/c22-18(12-20-19(23)13-25-14-6-2-1-3-7-14)21-16-10-11-24-17-9-5-4-8-15(16)17/h1-9,16H,10-13H2,(H,20,23)(H,21,22)/t16-/m0/s1. The van der Waals surface area contributed by atoms with Crippen LogP contribution < -0.4 is 20.1 Å². The molecular formula is C19H20N2O4. The molecular weight excluding hydrogens is 320 g/mol. The van der Waals surface area contributed by atoms with Crippen molar-refractivity contribution in [3.63, 3.8) is 0 Å². The van der Waals surface area contributed by atoms with Crippen LogP contribution in [0.15, 0.2) is 54.6 Å². The molecule has 2 aromatic carbocycles. The summed E-state index contributed by atoms with van der Waals surface area (Å²) in [5.74, 6) is 0.821. The summed E-state index contributed by atoms with van der Waals surface area (Å²) in [4.78, 5) is 23.9. The molecule has 0 unspecified atom stereocenters. The molecule has 0 radical (unpaired) electrons. The summed E-state index contributed by atoms with van der Waals surface area (Å²) in [5, 5.41) is 5.49. The molecule has 1 heterocycles. The molecule has 2 amide bonds. The smallest absolute Gasteiger partial charge is 0.258 e. The number of benzene rings is 2. The van der Waals surface area contributed by atoms with E-state index in [1.807, 2.05) is 42.5 Å². The zero-order valence-electron chi connectivity index (χ0n) is 13.7. The molecule has 0 saturated heterocycles. The molecule has 0 bridgehead atoms. The number of amides is 2. The van der Waals surface area contributed by atoms with Crippen LogP contribution in [0, 0.1) is 0 Å². The van der Waals surface area contributed by atoms with Crippen LogP contribution in [0.5, 0.6) is 11.5 Å². The van der Waals surface area contributed by atoms with E-state index in [9.17, 15) is 9.59 Å². The van der Waals surface area contributed by atoms with E-state index in [0.717, 1.165) is 11.3 Å². The van der Waals surface area contributed by atoms with Gasteiger partial charge in [0.2, 0.25) is 5.91 Å². The highest BCUT2D eigenvalue weighted by molar-refractivity contribution is 5.85. The number of ether oxygens (including phenoxy) is 2. The summed E-state index contributed by atoms with van der Waals surface area (Å²) in [7, 11) is 0. The Morgan fingerprint density at radius 2 is 1.80 bits per heavy atom. The largest absolute Gasteiger partial charge is 0.493 e. The first-order chi connectivity index (χ1) is 12.2. The molecule has 0 aromatic heterocycles. The molecule has 0 aliphatic carbocycles. The minimum Gasteiger partial charge on any atom is -0.493 e. The van der Waals surface area contributed by atoms with Gasteiger partial charge in [-0.2, -0.15) is 0 Å². The zero-order chi connectivity index (χ0) is 17.5. The number of para-hydroxylation sites is 2. The fraction of sp³-hybridized carbons (Fsp3) is 0.263. The number of hydrogen-bond donors (Lipinski definition) is 2. The van der Waals surface area contributed by atoms with Gasteiger partial charge in [-0.05, 0) is 18.2 Å². The molecule has 6 nitrogen and oxygen atoms in total. The predicted molar refractivity (Wildman–Crippen MR) is 92.4 cm³/mol. The molecule has 1 aliphatic heterocycles. The minimum atomic E-state index is -0.341. The fourth-order valence-electron chi connectivity index (χ4n) is 2.63. The van der Waals surface area contributed by atoms with E-state index in [1.54, 1.807) is 12.1 Å². The summed E-state index contributed by atoms with van der Waals surface area (Å²) >= 11 is 0. The van der Waals surface area contributed by atoms with E-state index in [0.29, 0.717) is 18.8 Å². The molecule has 1 aliphatic rings. The Hall–Kier alpha value is -3.02. The maximum Gasteiger partial charge on any atom is 0.258 e. The number of fused-ring (bicyclic) bond motifs is 1. The molecule has 6 heteroatoms. The first-order valence-corrected chi connectivity index (χ1v) is 8.18. The topological polar surface area (TPSA) is 76.7 Å². The Labute approximate surface area is 146 Å². The number of carbonyl (C=O) groups is 2. The molecule has 2 N–H and O–H groups in total. The first-order valence-electron chi connectivity index (χ1n) is 8.18. The van der Waals surface area contributed by atoms with Crippen LogP contribution in [-0.2, 0) is 9.59 Å². The fourth-order valence-corrected chi connectivity index (χ4v) is 2.63. The second kappa shape index (κ2) is 8.19.